The van der Waals surface area contributed by atoms with Crippen molar-refractivity contribution in [1.82, 2.24) is 20.0 Å². The Morgan fingerprint density at radius 3 is 2.50 bits per heavy atom. The molecule has 1 N–H and O–H groups in total. The van der Waals surface area contributed by atoms with Crippen LogP contribution in [0.2, 0.25) is 5.02 Å². The standard InChI is InChI=1S/C25H20ClN5O/c1-15-7-9-17(10-8-15)16(2)29-30-23(32)14-31-22-12-11-18(26)13-19(22)24-25(31)28-21-6-4-3-5-20(21)27-24/h3-13H,14H2,1-2H3,(H,30,32)/b29-16+. The molecule has 1 amide bonds. The molecule has 0 spiro atoms. The summed E-state index contributed by atoms with van der Waals surface area (Å²) in [6.07, 6.45) is 0. The molecule has 0 saturated carbocycles. The molecular formula is C25H20ClN5O. The van der Waals surface area contributed by atoms with Crippen LogP contribution < -0.4 is 5.43 Å². The number of hydrogen-bond donors (Lipinski definition) is 1. The number of rotatable bonds is 4. The predicted molar refractivity (Wildman–Crippen MR) is 129 cm³/mol. The average molecular weight is 442 g/mol. The number of hydrazone groups is 1. The van der Waals surface area contributed by atoms with Crippen LogP contribution in [0.1, 0.15) is 18.1 Å². The lowest BCUT2D eigenvalue weighted by Crippen LogP contribution is -2.24. The summed E-state index contributed by atoms with van der Waals surface area (Å²) in [5.74, 6) is -0.250. The molecule has 0 unspecified atom stereocenters. The van der Waals surface area contributed by atoms with Gasteiger partial charge in [-0.25, -0.2) is 15.4 Å². The lowest BCUT2D eigenvalue weighted by atomic mass is 10.1. The van der Waals surface area contributed by atoms with E-state index in [1.54, 1.807) is 6.07 Å². The van der Waals surface area contributed by atoms with Crippen molar-refractivity contribution >= 4 is 56.3 Å². The fourth-order valence-electron chi connectivity index (χ4n) is 3.75. The van der Waals surface area contributed by atoms with Gasteiger partial charge in [-0.05, 0) is 49.7 Å². The van der Waals surface area contributed by atoms with Crippen LogP contribution in [0.15, 0.2) is 71.8 Å². The Balaban J connectivity index is 1.52. The Hall–Kier alpha value is -3.77. The van der Waals surface area contributed by atoms with Gasteiger partial charge in [0.15, 0.2) is 5.65 Å². The van der Waals surface area contributed by atoms with Crippen LogP contribution >= 0.6 is 11.6 Å². The first-order valence-electron chi connectivity index (χ1n) is 10.2. The highest BCUT2D eigenvalue weighted by Gasteiger charge is 2.17. The maximum absolute atomic E-state index is 12.8. The van der Waals surface area contributed by atoms with Gasteiger partial charge in [-0.1, -0.05) is 53.6 Å². The van der Waals surface area contributed by atoms with E-state index < -0.39 is 0 Å². The van der Waals surface area contributed by atoms with Crippen LogP contribution in [-0.2, 0) is 11.3 Å². The highest BCUT2D eigenvalue weighted by molar-refractivity contribution is 6.31. The molecule has 3 aromatic carbocycles. The van der Waals surface area contributed by atoms with E-state index in [-0.39, 0.29) is 12.5 Å². The number of halogens is 1. The predicted octanol–water partition coefficient (Wildman–Crippen LogP) is 5.24. The number of aryl methyl sites for hydroxylation is 1. The smallest absolute Gasteiger partial charge is 0.260 e. The Morgan fingerprint density at radius 1 is 1.03 bits per heavy atom. The van der Waals surface area contributed by atoms with Crippen molar-refractivity contribution in [3.05, 3.63) is 82.9 Å². The number of benzene rings is 3. The summed E-state index contributed by atoms with van der Waals surface area (Å²) in [6.45, 7) is 3.95. The quantitative estimate of drug-likeness (QED) is 0.306. The first kappa shape index (κ1) is 20.2. The second-order valence-electron chi connectivity index (χ2n) is 7.73. The molecule has 6 nitrogen and oxygen atoms in total. The van der Waals surface area contributed by atoms with Gasteiger partial charge in [0.05, 0.1) is 22.3 Å². The molecule has 7 heteroatoms. The molecule has 5 aromatic rings. The normalized spacial score (nSPS) is 12.0. The van der Waals surface area contributed by atoms with Gasteiger partial charge in [0, 0.05) is 10.4 Å². The number of para-hydroxylation sites is 2. The SMILES string of the molecule is C/C(=N\NC(=O)Cn1c2ccc(Cl)cc2c2nc3ccccc3nc21)c1ccc(C)cc1. The summed E-state index contributed by atoms with van der Waals surface area (Å²) in [4.78, 5) is 22.4. The second-order valence-corrected chi connectivity index (χ2v) is 8.17. The van der Waals surface area contributed by atoms with E-state index in [1.807, 2.05) is 79.1 Å². The van der Waals surface area contributed by atoms with Gasteiger partial charge in [-0.3, -0.25) is 4.79 Å². The van der Waals surface area contributed by atoms with Crippen molar-refractivity contribution in [3.8, 4) is 0 Å². The van der Waals surface area contributed by atoms with Crippen molar-refractivity contribution in [3.63, 3.8) is 0 Å². The maximum Gasteiger partial charge on any atom is 0.260 e. The highest BCUT2D eigenvalue weighted by atomic mass is 35.5. The number of nitrogens with one attached hydrogen (secondary N) is 1. The van der Waals surface area contributed by atoms with E-state index in [1.165, 1.54) is 5.56 Å². The Morgan fingerprint density at radius 2 is 1.75 bits per heavy atom. The van der Waals surface area contributed by atoms with Crippen LogP contribution in [0.25, 0.3) is 33.1 Å². The van der Waals surface area contributed by atoms with Gasteiger partial charge in [0.2, 0.25) is 0 Å². The molecule has 2 aromatic heterocycles. The molecule has 5 rings (SSSR count). The minimum Gasteiger partial charge on any atom is -0.314 e. The highest BCUT2D eigenvalue weighted by Crippen LogP contribution is 2.30. The summed E-state index contributed by atoms with van der Waals surface area (Å²) < 4.78 is 1.85. The van der Waals surface area contributed by atoms with E-state index in [2.05, 4.69) is 10.5 Å². The summed E-state index contributed by atoms with van der Waals surface area (Å²) in [5, 5.41) is 5.74. The number of carbonyl (C=O) groups is 1. The van der Waals surface area contributed by atoms with Crippen molar-refractivity contribution in [2.75, 3.05) is 0 Å². The van der Waals surface area contributed by atoms with Crippen LogP contribution in [-0.4, -0.2) is 26.2 Å². The average Bonchev–Trinajstić information content (AvgIpc) is 3.08. The Labute approximate surface area is 189 Å². The van der Waals surface area contributed by atoms with Crippen molar-refractivity contribution in [2.45, 2.75) is 20.4 Å². The number of carbonyl (C=O) groups excluding carboxylic acids is 1. The van der Waals surface area contributed by atoms with Crippen LogP contribution in [0.5, 0.6) is 0 Å². The largest absolute Gasteiger partial charge is 0.314 e. The molecule has 0 atom stereocenters. The molecule has 0 bridgehead atoms. The van der Waals surface area contributed by atoms with E-state index >= 15 is 0 Å². The summed E-state index contributed by atoms with van der Waals surface area (Å²) in [5.41, 5.74) is 9.28. The van der Waals surface area contributed by atoms with Gasteiger partial charge in [-0.15, -0.1) is 0 Å². The number of aromatic nitrogens is 3. The summed E-state index contributed by atoms with van der Waals surface area (Å²) in [7, 11) is 0. The topological polar surface area (TPSA) is 72.2 Å². The van der Waals surface area contributed by atoms with Crippen molar-refractivity contribution < 1.29 is 4.79 Å². The first-order valence-corrected chi connectivity index (χ1v) is 10.6. The van der Waals surface area contributed by atoms with E-state index in [4.69, 9.17) is 21.6 Å². The zero-order valence-electron chi connectivity index (χ0n) is 17.6. The third-order valence-corrected chi connectivity index (χ3v) is 5.67. The number of fused-ring (bicyclic) bond motifs is 4. The molecule has 158 valence electrons. The fourth-order valence-corrected chi connectivity index (χ4v) is 3.92. The van der Waals surface area contributed by atoms with E-state index in [9.17, 15) is 4.79 Å². The van der Waals surface area contributed by atoms with Crippen molar-refractivity contribution in [1.29, 1.82) is 0 Å². The monoisotopic (exact) mass is 441 g/mol. The van der Waals surface area contributed by atoms with Gasteiger partial charge in [0.1, 0.15) is 12.1 Å². The lowest BCUT2D eigenvalue weighted by molar-refractivity contribution is -0.121. The molecule has 0 fully saturated rings. The Kier molecular flexibility index (Phi) is 5.07. The number of hydrogen-bond acceptors (Lipinski definition) is 4. The van der Waals surface area contributed by atoms with E-state index in [0.29, 0.717) is 16.2 Å². The zero-order valence-corrected chi connectivity index (χ0v) is 18.4. The van der Waals surface area contributed by atoms with Crippen LogP contribution in [0.3, 0.4) is 0 Å². The van der Waals surface area contributed by atoms with Gasteiger partial charge < -0.3 is 4.57 Å². The van der Waals surface area contributed by atoms with Gasteiger partial charge in [0.25, 0.3) is 5.91 Å². The van der Waals surface area contributed by atoms with Gasteiger partial charge in [-0.2, -0.15) is 5.10 Å². The summed E-state index contributed by atoms with van der Waals surface area (Å²) in [6, 6.07) is 21.2. The van der Waals surface area contributed by atoms with Crippen molar-refractivity contribution in [2.24, 2.45) is 5.10 Å². The second kappa shape index (κ2) is 8.05. The molecule has 0 aliphatic rings. The lowest BCUT2D eigenvalue weighted by Gasteiger charge is -2.07. The van der Waals surface area contributed by atoms with Crippen LogP contribution in [0, 0.1) is 6.92 Å². The molecule has 0 aliphatic carbocycles. The molecule has 0 radical (unpaired) electrons. The number of amides is 1. The minimum atomic E-state index is -0.250. The minimum absolute atomic E-state index is 0.0549. The first-order chi connectivity index (χ1) is 15.5. The fraction of sp³-hybridized carbons (Fsp3) is 0.120. The molecule has 0 saturated heterocycles. The van der Waals surface area contributed by atoms with Crippen LogP contribution in [0.4, 0.5) is 0 Å². The zero-order chi connectivity index (χ0) is 22.2. The third-order valence-electron chi connectivity index (χ3n) is 5.43. The summed E-state index contributed by atoms with van der Waals surface area (Å²) >= 11 is 6.25. The Bertz CT molecular complexity index is 1520. The van der Waals surface area contributed by atoms with Gasteiger partial charge >= 0.3 is 0 Å². The molecule has 32 heavy (non-hydrogen) atoms. The number of nitrogens with zero attached hydrogens (tertiary/aromatic N) is 4. The molecule has 0 aliphatic heterocycles. The molecule has 2 heterocycles. The molecular weight excluding hydrogens is 422 g/mol. The third kappa shape index (κ3) is 3.69. The maximum atomic E-state index is 12.8. The van der Waals surface area contributed by atoms with E-state index in [0.717, 1.165) is 33.2 Å².